The predicted molar refractivity (Wildman–Crippen MR) is 60.0 cm³/mol. The summed E-state index contributed by atoms with van der Waals surface area (Å²) in [5.74, 6) is 0.328. The van der Waals surface area contributed by atoms with E-state index >= 15 is 0 Å². The lowest BCUT2D eigenvalue weighted by Gasteiger charge is -2.10. The van der Waals surface area contributed by atoms with Gasteiger partial charge in [0.05, 0.1) is 18.4 Å². The highest BCUT2D eigenvalue weighted by Gasteiger charge is 2.31. The average molecular weight is 257 g/mol. The van der Waals surface area contributed by atoms with Crippen LogP contribution >= 0.6 is 0 Å². The largest absolute Gasteiger partial charge is 0.497 e. The highest BCUT2D eigenvalue weighted by atomic mass is 19.4. The number of halogens is 3. The summed E-state index contributed by atoms with van der Waals surface area (Å²) >= 11 is 0. The monoisotopic (exact) mass is 257 g/mol. The van der Waals surface area contributed by atoms with E-state index in [2.05, 4.69) is 10.2 Å². The van der Waals surface area contributed by atoms with Gasteiger partial charge in [0.25, 0.3) is 0 Å². The van der Waals surface area contributed by atoms with E-state index in [-0.39, 0.29) is 11.6 Å². The normalized spacial score (nSPS) is 11.6. The summed E-state index contributed by atoms with van der Waals surface area (Å²) in [6, 6.07) is 4.87. The summed E-state index contributed by atoms with van der Waals surface area (Å²) in [7, 11) is 1.31. The summed E-state index contributed by atoms with van der Waals surface area (Å²) in [5, 5.41) is 6.22. The number of alkyl halides is 3. The Morgan fingerprint density at radius 2 is 1.94 bits per heavy atom. The number of nitrogens with zero attached hydrogens (tertiary/aromatic N) is 1. The molecule has 0 spiro atoms. The molecule has 0 aliphatic carbocycles. The number of nitrogens with one attached hydrogen (secondary N) is 1. The Kier molecular flexibility index (Phi) is 2.90. The van der Waals surface area contributed by atoms with Gasteiger partial charge in [-0.25, -0.2) is 0 Å². The van der Waals surface area contributed by atoms with Crippen LogP contribution in [0.5, 0.6) is 5.75 Å². The van der Waals surface area contributed by atoms with Gasteiger partial charge in [0.2, 0.25) is 0 Å². The van der Waals surface area contributed by atoms with E-state index in [9.17, 15) is 13.2 Å². The Bertz CT molecular complexity index is 563. The van der Waals surface area contributed by atoms with Crippen LogP contribution in [-0.4, -0.2) is 17.3 Å². The van der Waals surface area contributed by atoms with E-state index in [1.54, 1.807) is 0 Å². The lowest BCUT2D eigenvalue weighted by molar-refractivity contribution is -0.137. The first-order chi connectivity index (χ1) is 8.40. The zero-order valence-corrected chi connectivity index (χ0v) is 9.38. The maximum Gasteiger partial charge on any atom is 0.416 e. The molecule has 0 fully saturated rings. The smallest absolute Gasteiger partial charge is 0.416 e. The maximum absolute atomic E-state index is 12.7. The fourth-order valence-electron chi connectivity index (χ4n) is 1.52. The molecule has 3 N–H and O–H groups in total. The molecule has 1 aromatic heterocycles. The average Bonchev–Trinajstić information content (AvgIpc) is 2.74. The van der Waals surface area contributed by atoms with Crippen LogP contribution in [0.3, 0.4) is 0 Å². The molecule has 0 aliphatic heterocycles. The molecule has 0 aliphatic rings. The lowest BCUT2D eigenvalue weighted by atomic mass is 10.1. The van der Waals surface area contributed by atoms with Gasteiger partial charge < -0.3 is 10.5 Å². The molecule has 0 unspecified atom stereocenters. The van der Waals surface area contributed by atoms with E-state index in [1.807, 2.05) is 0 Å². The third-order valence-electron chi connectivity index (χ3n) is 2.38. The molecule has 1 heterocycles. The number of hydrogen-bond donors (Lipinski definition) is 2. The van der Waals surface area contributed by atoms with Crippen LogP contribution in [0.4, 0.5) is 19.0 Å². The van der Waals surface area contributed by atoms with Crippen LogP contribution in [0.15, 0.2) is 24.3 Å². The second-order valence-electron chi connectivity index (χ2n) is 3.65. The van der Waals surface area contributed by atoms with E-state index in [4.69, 9.17) is 10.5 Å². The number of nitrogen functional groups attached to an aromatic ring is 1. The number of rotatable bonds is 2. The molecule has 1 aromatic carbocycles. The van der Waals surface area contributed by atoms with E-state index in [0.29, 0.717) is 11.3 Å². The van der Waals surface area contributed by atoms with Gasteiger partial charge in [-0.2, -0.15) is 18.3 Å². The van der Waals surface area contributed by atoms with Gasteiger partial charge in [0, 0.05) is 11.6 Å². The zero-order chi connectivity index (χ0) is 13.3. The summed E-state index contributed by atoms with van der Waals surface area (Å²) < 4.78 is 43.0. The Labute approximate surface area is 101 Å². The number of H-pyrrole nitrogens is 1. The molecule has 18 heavy (non-hydrogen) atoms. The van der Waals surface area contributed by atoms with Crippen molar-refractivity contribution in [3.05, 3.63) is 29.8 Å². The van der Waals surface area contributed by atoms with Gasteiger partial charge in [-0.1, -0.05) is 0 Å². The molecule has 0 atom stereocenters. The number of hydrogen-bond acceptors (Lipinski definition) is 3. The number of nitrogens with two attached hydrogens (primary N) is 1. The maximum atomic E-state index is 12.7. The van der Waals surface area contributed by atoms with Crippen molar-refractivity contribution in [2.45, 2.75) is 6.18 Å². The SMILES string of the molecule is COc1cc(-c2cc(N)n[nH]2)cc(C(F)(F)F)c1. The molecule has 4 nitrogen and oxygen atoms in total. The molecular formula is C11H10F3N3O. The standard InChI is InChI=1S/C11H10F3N3O/c1-18-8-3-6(9-5-10(15)17-16-9)2-7(4-8)11(12,13)14/h2-5H,1H3,(H3,15,16,17). The van der Waals surface area contributed by atoms with Crippen LogP contribution in [-0.2, 0) is 6.18 Å². The quantitative estimate of drug-likeness (QED) is 0.869. The van der Waals surface area contributed by atoms with Crippen molar-refractivity contribution in [3.63, 3.8) is 0 Å². The molecule has 96 valence electrons. The Morgan fingerprint density at radius 1 is 1.22 bits per heavy atom. The summed E-state index contributed by atoms with van der Waals surface area (Å²) in [4.78, 5) is 0. The van der Waals surface area contributed by atoms with Gasteiger partial charge in [0.15, 0.2) is 0 Å². The molecule has 2 aromatic rings. The van der Waals surface area contributed by atoms with Gasteiger partial charge >= 0.3 is 6.18 Å². The molecule has 0 saturated heterocycles. The van der Waals surface area contributed by atoms with Crippen molar-refractivity contribution in [1.82, 2.24) is 10.2 Å². The first-order valence-corrected chi connectivity index (χ1v) is 4.97. The van der Waals surface area contributed by atoms with Gasteiger partial charge in [-0.15, -0.1) is 0 Å². The Balaban J connectivity index is 2.54. The second kappa shape index (κ2) is 4.25. The number of anilines is 1. The molecule has 0 bridgehead atoms. The molecule has 0 radical (unpaired) electrons. The first-order valence-electron chi connectivity index (χ1n) is 4.97. The van der Waals surface area contributed by atoms with Crippen molar-refractivity contribution in [3.8, 4) is 17.0 Å². The fourth-order valence-corrected chi connectivity index (χ4v) is 1.52. The van der Waals surface area contributed by atoms with Crippen LogP contribution in [0.1, 0.15) is 5.56 Å². The molecule has 2 rings (SSSR count). The third-order valence-corrected chi connectivity index (χ3v) is 2.38. The Morgan fingerprint density at radius 3 is 2.44 bits per heavy atom. The van der Waals surface area contributed by atoms with Gasteiger partial charge in [0.1, 0.15) is 11.6 Å². The molecule has 7 heteroatoms. The van der Waals surface area contributed by atoms with Crippen LogP contribution in [0.2, 0.25) is 0 Å². The van der Waals surface area contributed by atoms with Crippen molar-refractivity contribution in [1.29, 1.82) is 0 Å². The zero-order valence-electron chi connectivity index (χ0n) is 9.38. The Hall–Kier alpha value is -2.18. The van der Waals surface area contributed by atoms with Crippen molar-refractivity contribution in [2.24, 2.45) is 0 Å². The fraction of sp³-hybridized carbons (Fsp3) is 0.182. The van der Waals surface area contributed by atoms with Crippen LogP contribution in [0.25, 0.3) is 11.3 Å². The number of aromatic amines is 1. The van der Waals surface area contributed by atoms with Crippen LogP contribution in [0, 0.1) is 0 Å². The number of ether oxygens (including phenoxy) is 1. The highest BCUT2D eigenvalue weighted by molar-refractivity contribution is 5.65. The van der Waals surface area contributed by atoms with E-state index < -0.39 is 11.7 Å². The lowest BCUT2D eigenvalue weighted by Crippen LogP contribution is -2.05. The predicted octanol–water partition coefficient (Wildman–Crippen LogP) is 2.69. The topological polar surface area (TPSA) is 63.9 Å². The minimum absolute atomic E-state index is 0.119. The minimum atomic E-state index is -4.44. The summed E-state index contributed by atoms with van der Waals surface area (Å²) in [5.41, 5.74) is 5.34. The highest BCUT2D eigenvalue weighted by Crippen LogP contribution is 2.35. The summed E-state index contributed by atoms with van der Waals surface area (Å²) in [6.45, 7) is 0. The third kappa shape index (κ3) is 2.39. The van der Waals surface area contributed by atoms with Gasteiger partial charge in [-0.05, 0) is 18.2 Å². The molecule has 0 saturated carbocycles. The molecular weight excluding hydrogens is 247 g/mol. The van der Waals surface area contributed by atoms with E-state index in [1.165, 1.54) is 19.2 Å². The summed E-state index contributed by atoms with van der Waals surface area (Å²) in [6.07, 6.45) is -4.44. The number of methoxy groups -OCH3 is 1. The van der Waals surface area contributed by atoms with Crippen LogP contribution < -0.4 is 10.5 Å². The first kappa shape index (κ1) is 12.3. The van der Waals surface area contributed by atoms with Crippen molar-refractivity contribution >= 4 is 5.82 Å². The molecule has 0 amide bonds. The van der Waals surface area contributed by atoms with Crippen molar-refractivity contribution < 1.29 is 17.9 Å². The van der Waals surface area contributed by atoms with E-state index in [0.717, 1.165) is 12.1 Å². The van der Waals surface area contributed by atoms with Gasteiger partial charge in [-0.3, -0.25) is 5.10 Å². The van der Waals surface area contributed by atoms with Crippen molar-refractivity contribution in [2.75, 3.05) is 12.8 Å². The number of aromatic nitrogens is 2. The minimum Gasteiger partial charge on any atom is -0.497 e. The second-order valence-corrected chi connectivity index (χ2v) is 3.65. The number of benzene rings is 1.